The number of carbonyl (C=O) groups excluding carboxylic acids is 1. The zero-order valence-electron chi connectivity index (χ0n) is 12.0. The maximum Gasteiger partial charge on any atom is 0.387 e. The number of nitrogens with zero attached hydrogens (tertiary/aromatic N) is 2. The van der Waals surface area contributed by atoms with Gasteiger partial charge < -0.3 is 15.4 Å². The van der Waals surface area contributed by atoms with Gasteiger partial charge >= 0.3 is 12.6 Å². The standard InChI is InChI=1S/C13H14F3N5O2/c1-7(11-18-6-19-21-11)20-13(22)17-5-8-9(14)3-2-4-10(8)23-12(15)16/h2-4,6-7,12H,5H2,1H3,(H2,17,20,22)(H,18,19,21)/t7-/m0/s1. The van der Waals surface area contributed by atoms with Gasteiger partial charge in [0.25, 0.3) is 0 Å². The fourth-order valence-corrected chi connectivity index (χ4v) is 1.83. The second-order valence-corrected chi connectivity index (χ2v) is 4.51. The Balaban J connectivity index is 1.96. The molecule has 1 heterocycles. The molecular formula is C13H14F3N5O2. The number of H-pyrrole nitrogens is 1. The second-order valence-electron chi connectivity index (χ2n) is 4.51. The number of ether oxygens (including phenoxy) is 1. The first-order valence-electron chi connectivity index (χ1n) is 6.59. The molecule has 0 unspecified atom stereocenters. The number of alkyl halides is 2. The zero-order valence-corrected chi connectivity index (χ0v) is 12.0. The van der Waals surface area contributed by atoms with Gasteiger partial charge in [-0.15, -0.1) is 0 Å². The molecule has 0 saturated carbocycles. The molecule has 7 nitrogen and oxygen atoms in total. The van der Waals surface area contributed by atoms with Crippen molar-refractivity contribution in [2.75, 3.05) is 0 Å². The molecule has 3 N–H and O–H groups in total. The maximum absolute atomic E-state index is 13.7. The summed E-state index contributed by atoms with van der Waals surface area (Å²) in [5.74, 6) is -0.650. The minimum Gasteiger partial charge on any atom is -0.434 e. The molecule has 0 saturated heterocycles. The van der Waals surface area contributed by atoms with E-state index < -0.39 is 24.5 Å². The van der Waals surface area contributed by atoms with Gasteiger partial charge in [-0.3, -0.25) is 5.10 Å². The van der Waals surface area contributed by atoms with Crippen LogP contribution in [-0.2, 0) is 6.54 Å². The number of aromatic amines is 1. The van der Waals surface area contributed by atoms with Crippen LogP contribution in [0.5, 0.6) is 5.75 Å². The van der Waals surface area contributed by atoms with E-state index in [1.807, 2.05) is 0 Å². The lowest BCUT2D eigenvalue weighted by atomic mass is 10.2. The summed E-state index contributed by atoms with van der Waals surface area (Å²) in [4.78, 5) is 15.6. The average Bonchev–Trinajstić information content (AvgIpc) is 3.00. The first-order valence-corrected chi connectivity index (χ1v) is 6.59. The van der Waals surface area contributed by atoms with E-state index in [-0.39, 0.29) is 17.9 Å². The van der Waals surface area contributed by atoms with Gasteiger partial charge in [0.1, 0.15) is 23.7 Å². The lowest BCUT2D eigenvalue weighted by Gasteiger charge is -2.14. The molecule has 2 amide bonds. The van der Waals surface area contributed by atoms with E-state index in [0.29, 0.717) is 5.82 Å². The predicted octanol–water partition coefficient (Wildman–Crippen LogP) is 2.11. The van der Waals surface area contributed by atoms with Crippen LogP contribution < -0.4 is 15.4 Å². The van der Waals surface area contributed by atoms with Crippen molar-refractivity contribution in [1.82, 2.24) is 25.8 Å². The van der Waals surface area contributed by atoms with Crippen LogP contribution in [0.2, 0.25) is 0 Å². The van der Waals surface area contributed by atoms with E-state index in [4.69, 9.17) is 0 Å². The van der Waals surface area contributed by atoms with Crippen molar-refractivity contribution in [1.29, 1.82) is 0 Å². The fourth-order valence-electron chi connectivity index (χ4n) is 1.83. The van der Waals surface area contributed by atoms with Crippen LogP contribution >= 0.6 is 0 Å². The Kier molecular flexibility index (Phi) is 5.39. The van der Waals surface area contributed by atoms with Crippen molar-refractivity contribution in [2.24, 2.45) is 0 Å². The van der Waals surface area contributed by atoms with Crippen molar-refractivity contribution < 1.29 is 22.7 Å². The Morgan fingerprint density at radius 1 is 1.43 bits per heavy atom. The van der Waals surface area contributed by atoms with Gasteiger partial charge in [-0.2, -0.15) is 13.9 Å². The zero-order chi connectivity index (χ0) is 16.8. The van der Waals surface area contributed by atoms with Crippen molar-refractivity contribution in [3.63, 3.8) is 0 Å². The Bertz CT molecular complexity index is 651. The molecule has 2 rings (SSSR count). The molecule has 10 heteroatoms. The minimum absolute atomic E-state index is 0.171. The molecule has 23 heavy (non-hydrogen) atoms. The number of nitrogens with one attached hydrogen (secondary N) is 3. The third kappa shape index (κ3) is 4.59. The number of aromatic nitrogens is 3. The van der Waals surface area contributed by atoms with Gasteiger partial charge in [0.05, 0.1) is 12.6 Å². The van der Waals surface area contributed by atoms with Crippen LogP contribution in [0, 0.1) is 5.82 Å². The Morgan fingerprint density at radius 3 is 2.87 bits per heavy atom. The molecule has 0 aliphatic carbocycles. The molecule has 0 spiro atoms. The first kappa shape index (κ1) is 16.6. The van der Waals surface area contributed by atoms with Crippen LogP contribution in [0.1, 0.15) is 24.4 Å². The van der Waals surface area contributed by atoms with Crippen LogP contribution in [0.4, 0.5) is 18.0 Å². The predicted molar refractivity (Wildman–Crippen MR) is 73.2 cm³/mol. The van der Waals surface area contributed by atoms with Crippen molar-refractivity contribution in [2.45, 2.75) is 26.1 Å². The highest BCUT2D eigenvalue weighted by Gasteiger charge is 2.16. The van der Waals surface area contributed by atoms with Gasteiger partial charge in [0, 0.05) is 5.56 Å². The Hall–Kier alpha value is -2.78. The summed E-state index contributed by atoms with van der Waals surface area (Å²) < 4.78 is 42.5. The highest BCUT2D eigenvalue weighted by atomic mass is 19.3. The summed E-state index contributed by atoms with van der Waals surface area (Å²) in [6, 6.07) is 2.43. The van der Waals surface area contributed by atoms with Gasteiger partial charge in [0.15, 0.2) is 0 Å². The summed E-state index contributed by atoms with van der Waals surface area (Å²) in [6.07, 6.45) is 1.29. The van der Waals surface area contributed by atoms with Gasteiger partial charge in [0.2, 0.25) is 0 Å². The molecule has 1 aromatic heterocycles. The van der Waals surface area contributed by atoms with Crippen molar-refractivity contribution in [3.8, 4) is 5.75 Å². The highest BCUT2D eigenvalue weighted by Crippen LogP contribution is 2.23. The van der Waals surface area contributed by atoms with E-state index in [1.54, 1.807) is 6.92 Å². The van der Waals surface area contributed by atoms with E-state index >= 15 is 0 Å². The number of amides is 2. The third-order valence-corrected chi connectivity index (χ3v) is 2.91. The largest absolute Gasteiger partial charge is 0.434 e. The third-order valence-electron chi connectivity index (χ3n) is 2.91. The van der Waals surface area contributed by atoms with E-state index in [0.717, 1.165) is 6.07 Å². The quantitative estimate of drug-likeness (QED) is 0.757. The average molecular weight is 329 g/mol. The van der Waals surface area contributed by atoms with Crippen LogP contribution in [-0.4, -0.2) is 27.8 Å². The molecule has 1 atom stereocenters. The molecule has 0 aliphatic heterocycles. The normalized spacial score (nSPS) is 12.0. The number of halogens is 3. The smallest absolute Gasteiger partial charge is 0.387 e. The van der Waals surface area contributed by atoms with Crippen LogP contribution in [0.25, 0.3) is 0 Å². The molecule has 124 valence electrons. The summed E-state index contributed by atoms with van der Waals surface area (Å²) in [5.41, 5.74) is -0.171. The first-order chi connectivity index (χ1) is 11.0. The van der Waals surface area contributed by atoms with E-state index in [2.05, 4.69) is 30.6 Å². The fraction of sp³-hybridized carbons (Fsp3) is 0.308. The van der Waals surface area contributed by atoms with Crippen molar-refractivity contribution in [3.05, 3.63) is 41.7 Å². The lowest BCUT2D eigenvalue weighted by Crippen LogP contribution is -2.37. The molecule has 0 bridgehead atoms. The number of rotatable bonds is 6. The number of carbonyl (C=O) groups is 1. The maximum atomic E-state index is 13.7. The molecule has 0 aliphatic rings. The number of hydrogen-bond acceptors (Lipinski definition) is 4. The van der Waals surface area contributed by atoms with Gasteiger partial charge in [-0.25, -0.2) is 14.2 Å². The Morgan fingerprint density at radius 2 is 2.22 bits per heavy atom. The highest BCUT2D eigenvalue weighted by molar-refractivity contribution is 5.74. The number of benzene rings is 1. The summed E-state index contributed by atoms with van der Waals surface area (Å²) in [6.45, 7) is -1.74. The number of hydrogen-bond donors (Lipinski definition) is 3. The molecular weight excluding hydrogens is 315 g/mol. The molecule has 1 aromatic carbocycles. The molecule has 0 fully saturated rings. The van der Waals surface area contributed by atoms with E-state index in [1.165, 1.54) is 18.5 Å². The summed E-state index contributed by atoms with van der Waals surface area (Å²) >= 11 is 0. The summed E-state index contributed by atoms with van der Waals surface area (Å²) in [5, 5.41) is 11.1. The molecule has 0 radical (unpaired) electrons. The minimum atomic E-state index is -3.09. The van der Waals surface area contributed by atoms with Crippen LogP contribution in [0.3, 0.4) is 0 Å². The van der Waals surface area contributed by atoms with E-state index in [9.17, 15) is 18.0 Å². The Labute approximate surface area is 129 Å². The topological polar surface area (TPSA) is 91.9 Å². The number of urea groups is 1. The van der Waals surface area contributed by atoms with Gasteiger partial charge in [-0.1, -0.05) is 6.07 Å². The summed E-state index contributed by atoms with van der Waals surface area (Å²) in [7, 11) is 0. The molecule has 2 aromatic rings. The van der Waals surface area contributed by atoms with Crippen molar-refractivity contribution >= 4 is 6.03 Å². The van der Waals surface area contributed by atoms with Gasteiger partial charge in [-0.05, 0) is 19.1 Å². The SMILES string of the molecule is C[C@H](NC(=O)NCc1c(F)cccc1OC(F)F)c1ncn[nH]1. The second kappa shape index (κ2) is 7.47. The van der Waals surface area contributed by atoms with Crippen LogP contribution in [0.15, 0.2) is 24.5 Å². The monoisotopic (exact) mass is 329 g/mol. The lowest BCUT2D eigenvalue weighted by molar-refractivity contribution is -0.0506.